The number of hydrogen-bond acceptors (Lipinski definition) is 3. The second kappa shape index (κ2) is 4.15. The molecule has 1 heterocycles. The molecule has 12 heavy (non-hydrogen) atoms. The molecule has 1 aromatic rings. The Morgan fingerprint density at radius 1 is 1.83 bits per heavy atom. The van der Waals surface area contributed by atoms with Crippen LogP contribution in [0.1, 0.15) is 4.88 Å². The van der Waals surface area contributed by atoms with Crippen LogP contribution in [0.3, 0.4) is 0 Å². The molecule has 0 spiro atoms. The van der Waals surface area contributed by atoms with Crippen molar-refractivity contribution < 1.29 is 4.74 Å². The zero-order valence-corrected chi connectivity index (χ0v) is 7.95. The minimum atomic E-state index is 0.450. The van der Waals surface area contributed by atoms with E-state index in [1.54, 1.807) is 13.2 Å². The van der Waals surface area contributed by atoms with Crippen molar-refractivity contribution in [1.82, 2.24) is 0 Å². The largest absolute Gasteiger partial charge is 0.496 e. The highest BCUT2D eigenvalue weighted by molar-refractivity contribution is 7.12. The Morgan fingerprint density at radius 2 is 2.58 bits per heavy atom. The Balaban J connectivity index is 2.90. The minimum absolute atomic E-state index is 0.450. The fourth-order valence-electron chi connectivity index (χ4n) is 0.679. The van der Waals surface area contributed by atoms with E-state index in [0.29, 0.717) is 5.03 Å². The molecule has 0 unspecified atom stereocenters. The third kappa shape index (κ3) is 2.00. The summed E-state index contributed by atoms with van der Waals surface area (Å²) in [7, 11) is 1.59. The zero-order chi connectivity index (χ0) is 8.97. The van der Waals surface area contributed by atoms with Gasteiger partial charge in [-0.3, -0.25) is 0 Å². The fraction of sp³-hybridized carbons (Fsp3) is 0.125. The molecular weight excluding hydrogens is 194 g/mol. The maximum atomic E-state index is 8.32. The van der Waals surface area contributed by atoms with Crippen molar-refractivity contribution >= 4 is 28.0 Å². The molecule has 0 aliphatic heterocycles. The Bertz CT molecular complexity index is 337. The molecule has 0 aromatic carbocycles. The van der Waals surface area contributed by atoms with Crippen molar-refractivity contribution in [3.63, 3.8) is 0 Å². The van der Waals surface area contributed by atoms with Gasteiger partial charge in [0.15, 0.2) is 0 Å². The van der Waals surface area contributed by atoms with Gasteiger partial charge in [-0.05, 0) is 6.07 Å². The first-order valence-electron chi connectivity index (χ1n) is 3.16. The summed E-state index contributed by atoms with van der Waals surface area (Å²) in [4.78, 5) is 0.843. The van der Waals surface area contributed by atoms with Gasteiger partial charge in [-0.2, -0.15) is 5.26 Å². The summed E-state index contributed by atoms with van der Waals surface area (Å²) in [5.74, 6) is 0.763. The fourth-order valence-corrected chi connectivity index (χ4v) is 1.68. The van der Waals surface area contributed by atoms with Crippen LogP contribution in [-0.2, 0) is 0 Å². The molecule has 0 radical (unpaired) electrons. The highest BCUT2D eigenvalue weighted by Gasteiger charge is 2.02. The van der Waals surface area contributed by atoms with Gasteiger partial charge in [0.2, 0.25) is 0 Å². The van der Waals surface area contributed by atoms with Gasteiger partial charge in [-0.15, -0.1) is 11.3 Å². The van der Waals surface area contributed by atoms with E-state index in [9.17, 15) is 0 Å². The van der Waals surface area contributed by atoms with E-state index in [1.165, 1.54) is 17.4 Å². The quantitative estimate of drug-likeness (QED) is 0.687. The highest BCUT2D eigenvalue weighted by Crippen LogP contribution is 2.29. The molecule has 2 nitrogen and oxygen atoms in total. The number of methoxy groups -OCH3 is 1. The zero-order valence-electron chi connectivity index (χ0n) is 6.37. The van der Waals surface area contributed by atoms with Crippen LogP contribution in [0, 0.1) is 11.3 Å². The van der Waals surface area contributed by atoms with Crippen LogP contribution in [0.2, 0.25) is 0 Å². The Kier molecular flexibility index (Phi) is 3.15. The first kappa shape index (κ1) is 9.11. The predicted octanol–water partition coefficient (Wildman–Crippen LogP) is 2.86. The summed E-state index contributed by atoms with van der Waals surface area (Å²) in [5.41, 5.74) is 0. The molecule has 0 bridgehead atoms. The summed E-state index contributed by atoms with van der Waals surface area (Å²) in [6.45, 7) is 0. The van der Waals surface area contributed by atoms with Crippen molar-refractivity contribution in [2.45, 2.75) is 0 Å². The van der Waals surface area contributed by atoms with Crippen LogP contribution < -0.4 is 4.74 Å². The summed E-state index contributed by atoms with van der Waals surface area (Å²) in [6.07, 6.45) is 1.30. The van der Waals surface area contributed by atoms with Crippen LogP contribution in [0.4, 0.5) is 0 Å². The predicted molar refractivity (Wildman–Crippen MR) is 50.3 cm³/mol. The third-order valence-electron chi connectivity index (χ3n) is 1.24. The van der Waals surface area contributed by atoms with Crippen molar-refractivity contribution in [1.29, 1.82) is 5.26 Å². The summed E-state index contributed by atoms with van der Waals surface area (Å²) < 4.78 is 4.96. The van der Waals surface area contributed by atoms with Gasteiger partial charge < -0.3 is 4.74 Å². The van der Waals surface area contributed by atoms with Gasteiger partial charge in [0, 0.05) is 11.5 Å². The average Bonchev–Trinajstić information content (AvgIpc) is 2.52. The van der Waals surface area contributed by atoms with Gasteiger partial charge in [0.05, 0.1) is 23.1 Å². The summed E-state index contributed by atoms with van der Waals surface area (Å²) >= 11 is 7.22. The molecule has 1 aromatic heterocycles. The van der Waals surface area contributed by atoms with E-state index in [0.717, 1.165) is 10.6 Å². The van der Waals surface area contributed by atoms with Gasteiger partial charge in [-0.25, -0.2) is 0 Å². The van der Waals surface area contributed by atoms with Crippen molar-refractivity contribution in [3.05, 3.63) is 22.4 Å². The van der Waals surface area contributed by atoms with E-state index in [2.05, 4.69) is 0 Å². The lowest BCUT2D eigenvalue weighted by molar-refractivity contribution is 0.416. The van der Waals surface area contributed by atoms with Crippen LogP contribution >= 0.6 is 22.9 Å². The summed E-state index contributed by atoms with van der Waals surface area (Å²) in [6, 6.07) is 3.66. The third-order valence-corrected chi connectivity index (χ3v) is 2.60. The number of nitriles is 1. The molecule has 0 aliphatic rings. The SMILES string of the molecule is COc1csc(C(Cl)=CC#N)c1. The molecule has 0 amide bonds. The number of thiophene rings is 1. The van der Waals surface area contributed by atoms with E-state index in [-0.39, 0.29) is 0 Å². The highest BCUT2D eigenvalue weighted by atomic mass is 35.5. The molecule has 0 saturated carbocycles. The molecule has 0 N–H and O–H groups in total. The van der Waals surface area contributed by atoms with Crippen LogP contribution in [0.25, 0.3) is 5.03 Å². The second-order valence-corrected chi connectivity index (χ2v) is 3.29. The monoisotopic (exact) mass is 199 g/mol. The lowest BCUT2D eigenvalue weighted by atomic mass is 10.4. The number of rotatable bonds is 2. The topological polar surface area (TPSA) is 33.0 Å². The van der Waals surface area contributed by atoms with Crippen LogP contribution in [0.15, 0.2) is 17.5 Å². The standard InChI is InChI=1S/C8H6ClNOS/c1-11-6-4-8(12-5-6)7(9)2-3-10/h2,4-5H,1H3. The number of nitrogens with zero attached hydrogens (tertiary/aromatic N) is 1. The molecule has 0 saturated heterocycles. The molecule has 0 aliphatic carbocycles. The Hall–Kier alpha value is -0.980. The van der Waals surface area contributed by atoms with Crippen LogP contribution in [-0.4, -0.2) is 7.11 Å². The molecular formula is C8H6ClNOS. The van der Waals surface area contributed by atoms with E-state index in [4.69, 9.17) is 21.6 Å². The summed E-state index contributed by atoms with van der Waals surface area (Å²) in [5, 5.41) is 10.6. The van der Waals surface area contributed by atoms with Crippen molar-refractivity contribution in [3.8, 4) is 11.8 Å². The van der Waals surface area contributed by atoms with Gasteiger partial charge in [0.1, 0.15) is 5.75 Å². The van der Waals surface area contributed by atoms with Crippen LogP contribution in [0.5, 0.6) is 5.75 Å². The van der Waals surface area contributed by atoms with E-state index >= 15 is 0 Å². The van der Waals surface area contributed by atoms with Gasteiger partial charge in [0.25, 0.3) is 0 Å². The Morgan fingerprint density at radius 3 is 3.08 bits per heavy atom. The molecule has 1 rings (SSSR count). The van der Waals surface area contributed by atoms with Crippen molar-refractivity contribution in [2.75, 3.05) is 7.11 Å². The number of hydrogen-bond donors (Lipinski definition) is 0. The lowest BCUT2D eigenvalue weighted by Gasteiger charge is -1.90. The normalized spacial score (nSPS) is 10.9. The van der Waals surface area contributed by atoms with Crippen molar-refractivity contribution in [2.24, 2.45) is 0 Å². The van der Waals surface area contributed by atoms with E-state index in [1.807, 2.05) is 11.4 Å². The maximum absolute atomic E-state index is 8.32. The Labute approximate surface area is 79.7 Å². The number of allylic oxidation sites excluding steroid dienone is 1. The maximum Gasteiger partial charge on any atom is 0.130 e. The second-order valence-electron chi connectivity index (χ2n) is 1.97. The molecule has 4 heteroatoms. The molecule has 0 fully saturated rings. The number of halogens is 1. The minimum Gasteiger partial charge on any atom is -0.496 e. The lowest BCUT2D eigenvalue weighted by Crippen LogP contribution is -1.76. The van der Waals surface area contributed by atoms with E-state index < -0.39 is 0 Å². The van der Waals surface area contributed by atoms with Gasteiger partial charge >= 0.3 is 0 Å². The smallest absolute Gasteiger partial charge is 0.130 e. The molecule has 62 valence electrons. The first-order valence-corrected chi connectivity index (χ1v) is 4.42. The first-order chi connectivity index (χ1) is 5.77. The average molecular weight is 200 g/mol. The molecule has 0 atom stereocenters. The number of ether oxygens (including phenoxy) is 1. The van der Waals surface area contributed by atoms with Gasteiger partial charge in [-0.1, -0.05) is 11.6 Å².